The van der Waals surface area contributed by atoms with E-state index in [1.807, 2.05) is 0 Å². The molecule has 1 aromatic rings. The molecule has 0 saturated carbocycles. The highest BCUT2D eigenvalue weighted by atomic mass is 16.5. The monoisotopic (exact) mass is 236 g/mol. The molecular weight excluding hydrogens is 224 g/mol. The first-order valence-corrected chi connectivity index (χ1v) is 4.89. The van der Waals surface area contributed by atoms with E-state index in [-0.39, 0.29) is 11.3 Å². The number of Topliss-reactive ketones (excluding diaryl/α,β-unsaturated/α-hetero) is 2. The Morgan fingerprint density at radius 1 is 1.29 bits per heavy atom. The number of hydrogen-bond acceptors (Lipinski definition) is 5. The number of methoxy groups -OCH3 is 1. The first-order chi connectivity index (χ1) is 7.95. The predicted molar refractivity (Wildman–Crippen MR) is 58.8 cm³/mol. The van der Waals surface area contributed by atoms with Crippen molar-refractivity contribution in [3.8, 4) is 5.75 Å². The third-order valence-electron chi connectivity index (χ3n) is 2.27. The average Bonchev–Trinajstić information content (AvgIpc) is 2.31. The smallest absolute Gasteiger partial charge is 0.374 e. The zero-order valence-electron chi connectivity index (χ0n) is 9.52. The van der Waals surface area contributed by atoms with Gasteiger partial charge in [0, 0.05) is 5.56 Å². The molecule has 0 amide bonds. The fourth-order valence-electron chi connectivity index (χ4n) is 1.22. The standard InChI is InChI=1S/C12H12O5/c1-7-3-4-8(5-9(7)13)10(14)6-11(15)12(16)17-2/h3-5,13H,6H2,1-2H3. The number of rotatable bonds is 4. The molecule has 5 heteroatoms. The number of phenolic OH excluding ortho intramolecular Hbond substituents is 1. The van der Waals surface area contributed by atoms with Crippen molar-refractivity contribution in [2.45, 2.75) is 13.3 Å². The molecule has 0 unspecified atom stereocenters. The van der Waals surface area contributed by atoms with Crippen molar-refractivity contribution in [2.75, 3.05) is 7.11 Å². The summed E-state index contributed by atoms with van der Waals surface area (Å²) < 4.78 is 4.20. The molecule has 1 N–H and O–H groups in total. The van der Waals surface area contributed by atoms with Crippen molar-refractivity contribution in [3.05, 3.63) is 29.3 Å². The first-order valence-electron chi connectivity index (χ1n) is 4.89. The third-order valence-corrected chi connectivity index (χ3v) is 2.27. The van der Waals surface area contributed by atoms with E-state index in [0.717, 1.165) is 7.11 Å². The maximum atomic E-state index is 11.6. The van der Waals surface area contributed by atoms with E-state index in [9.17, 15) is 19.5 Å². The first kappa shape index (κ1) is 12.9. The number of aromatic hydroxyl groups is 1. The quantitative estimate of drug-likeness (QED) is 0.365. The van der Waals surface area contributed by atoms with Crippen LogP contribution in [0, 0.1) is 6.92 Å². The maximum absolute atomic E-state index is 11.6. The van der Waals surface area contributed by atoms with E-state index in [0.29, 0.717) is 5.56 Å². The number of benzene rings is 1. The topological polar surface area (TPSA) is 80.7 Å². The van der Waals surface area contributed by atoms with Crippen LogP contribution in [-0.4, -0.2) is 29.8 Å². The van der Waals surface area contributed by atoms with Gasteiger partial charge in [0.1, 0.15) is 5.75 Å². The van der Waals surface area contributed by atoms with Crippen LogP contribution in [0.5, 0.6) is 5.75 Å². The number of phenols is 1. The van der Waals surface area contributed by atoms with Gasteiger partial charge in [0.25, 0.3) is 0 Å². The fraction of sp³-hybridized carbons (Fsp3) is 0.250. The van der Waals surface area contributed by atoms with Crippen molar-refractivity contribution < 1.29 is 24.2 Å². The van der Waals surface area contributed by atoms with Crippen molar-refractivity contribution in [1.82, 2.24) is 0 Å². The summed E-state index contributed by atoms with van der Waals surface area (Å²) in [6.07, 6.45) is -0.560. The van der Waals surface area contributed by atoms with E-state index in [1.54, 1.807) is 13.0 Å². The molecule has 1 rings (SSSR count). The van der Waals surface area contributed by atoms with Crippen LogP contribution in [0.15, 0.2) is 18.2 Å². The average molecular weight is 236 g/mol. The van der Waals surface area contributed by atoms with Gasteiger partial charge >= 0.3 is 5.97 Å². The molecule has 0 heterocycles. The lowest BCUT2D eigenvalue weighted by Gasteiger charge is -2.02. The Morgan fingerprint density at radius 2 is 1.94 bits per heavy atom. The van der Waals surface area contributed by atoms with E-state index in [1.165, 1.54) is 12.1 Å². The summed E-state index contributed by atoms with van der Waals surface area (Å²) in [6.45, 7) is 1.68. The van der Waals surface area contributed by atoms with E-state index >= 15 is 0 Å². The summed E-state index contributed by atoms with van der Waals surface area (Å²) in [5.74, 6) is -2.51. The molecule has 0 atom stereocenters. The highest BCUT2D eigenvalue weighted by molar-refractivity contribution is 6.38. The van der Waals surface area contributed by atoms with E-state index < -0.39 is 24.0 Å². The molecule has 0 aliphatic heterocycles. The highest BCUT2D eigenvalue weighted by Gasteiger charge is 2.19. The summed E-state index contributed by atoms with van der Waals surface area (Å²) in [6, 6.07) is 4.31. The van der Waals surface area contributed by atoms with Gasteiger partial charge in [-0.25, -0.2) is 4.79 Å². The van der Waals surface area contributed by atoms with Gasteiger partial charge < -0.3 is 9.84 Å². The summed E-state index contributed by atoms with van der Waals surface area (Å²) >= 11 is 0. The Bertz CT molecular complexity index is 476. The van der Waals surface area contributed by atoms with Crippen LogP contribution in [0.1, 0.15) is 22.3 Å². The number of ketones is 2. The van der Waals surface area contributed by atoms with Crippen molar-refractivity contribution in [1.29, 1.82) is 0 Å². The van der Waals surface area contributed by atoms with Gasteiger partial charge in [-0.3, -0.25) is 9.59 Å². The largest absolute Gasteiger partial charge is 0.508 e. The van der Waals surface area contributed by atoms with Gasteiger partial charge in [0.15, 0.2) is 5.78 Å². The van der Waals surface area contributed by atoms with Crippen LogP contribution < -0.4 is 0 Å². The molecule has 0 aliphatic rings. The van der Waals surface area contributed by atoms with Crippen LogP contribution in [0.4, 0.5) is 0 Å². The molecule has 0 spiro atoms. The molecule has 0 fully saturated rings. The Labute approximate surface area is 98.0 Å². The Kier molecular flexibility index (Phi) is 3.98. The van der Waals surface area contributed by atoms with Gasteiger partial charge in [-0.15, -0.1) is 0 Å². The molecule has 0 radical (unpaired) electrons. The molecule has 5 nitrogen and oxygen atoms in total. The fourth-order valence-corrected chi connectivity index (χ4v) is 1.22. The maximum Gasteiger partial charge on any atom is 0.374 e. The Hall–Kier alpha value is -2.17. The lowest BCUT2D eigenvalue weighted by atomic mass is 10.0. The van der Waals surface area contributed by atoms with Gasteiger partial charge in [-0.1, -0.05) is 12.1 Å². The molecule has 0 aromatic heterocycles. The van der Waals surface area contributed by atoms with Crippen LogP contribution in [0.3, 0.4) is 0 Å². The zero-order valence-corrected chi connectivity index (χ0v) is 9.52. The van der Waals surface area contributed by atoms with Crippen LogP contribution in [0.2, 0.25) is 0 Å². The molecule has 17 heavy (non-hydrogen) atoms. The zero-order chi connectivity index (χ0) is 13.0. The molecule has 0 bridgehead atoms. The number of aryl methyl sites for hydroxylation is 1. The highest BCUT2D eigenvalue weighted by Crippen LogP contribution is 2.18. The molecule has 1 aromatic carbocycles. The number of carbonyl (C=O) groups is 3. The number of esters is 1. The normalized spacial score (nSPS) is 9.76. The van der Waals surface area contributed by atoms with Crippen molar-refractivity contribution in [2.24, 2.45) is 0 Å². The second kappa shape index (κ2) is 5.25. The minimum absolute atomic E-state index is 0.0265. The predicted octanol–water partition coefficient (Wildman–Crippen LogP) is 1.02. The van der Waals surface area contributed by atoms with Crippen LogP contribution in [0.25, 0.3) is 0 Å². The lowest BCUT2D eigenvalue weighted by molar-refractivity contribution is -0.151. The second-order valence-electron chi connectivity index (χ2n) is 3.52. The lowest BCUT2D eigenvalue weighted by Crippen LogP contribution is -2.19. The van der Waals surface area contributed by atoms with Crippen molar-refractivity contribution in [3.63, 3.8) is 0 Å². The summed E-state index contributed by atoms with van der Waals surface area (Å²) in [7, 11) is 1.07. The van der Waals surface area contributed by atoms with E-state index in [2.05, 4.69) is 4.74 Å². The minimum atomic E-state index is -1.05. The summed E-state index contributed by atoms with van der Waals surface area (Å²) in [5.41, 5.74) is 0.811. The van der Waals surface area contributed by atoms with Gasteiger partial charge in [0.2, 0.25) is 5.78 Å². The van der Waals surface area contributed by atoms with Crippen LogP contribution in [-0.2, 0) is 14.3 Å². The van der Waals surface area contributed by atoms with Gasteiger partial charge in [-0.2, -0.15) is 0 Å². The number of hydrogen-bond donors (Lipinski definition) is 1. The van der Waals surface area contributed by atoms with E-state index in [4.69, 9.17) is 0 Å². The minimum Gasteiger partial charge on any atom is -0.508 e. The SMILES string of the molecule is COC(=O)C(=O)CC(=O)c1ccc(C)c(O)c1. The summed E-state index contributed by atoms with van der Waals surface area (Å²) in [4.78, 5) is 33.6. The second-order valence-corrected chi connectivity index (χ2v) is 3.52. The third kappa shape index (κ3) is 3.14. The Morgan fingerprint density at radius 3 is 2.47 bits per heavy atom. The molecule has 0 aliphatic carbocycles. The van der Waals surface area contributed by atoms with Gasteiger partial charge in [-0.05, 0) is 18.6 Å². The van der Waals surface area contributed by atoms with Gasteiger partial charge in [0.05, 0.1) is 13.5 Å². The van der Waals surface area contributed by atoms with Crippen LogP contribution >= 0.6 is 0 Å². The molecule has 90 valence electrons. The van der Waals surface area contributed by atoms with Crippen molar-refractivity contribution >= 4 is 17.5 Å². The molecule has 0 saturated heterocycles. The summed E-state index contributed by atoms with van der Waals surface area (Å²) in [5, 5.41) is 9.41. The Balaban J connectivity index is 2.80. The number of carbonyl (C=O) groups excluding carboxylic acids is 3. The number of ether oxygens (including phenoxy) is 1. The molecular formula is C12H12O5.